The average molecular weight is 1220 g/mol. The molecule has 9 heteroatoms. The van der Waals surface area contributed by atoms with Crippen molar-refractivity contribution in [1.29, 1.82) is 0 Å². The van der Waals surface area contributed by atoms with Gasteiger partial charge in [0.2, 0.25) is 5.91 Å². The van der Waals surface area contributed by atoms with Crippen molar-refractivity contribution in [3.63, 3.8) is 0 Å². The lowest BCUT2D eigenvalue weighted by molar-refractivity contribution is -0.870. The molecule has 0 saturated carbocycles. The number of allylic oxidation sites excluding steroid dienone is 3. The number of aliphatic hydroxyl groups excluding tert-OH is 1. The minimum atomic E-state index is -4.61. The van der Waals surface area contributed by atoms with Crippen LogP contribution in [0.5, 0.6) is 0 Å². The molecule has 0 spiro atoms. The van der Waals surface area contributed by atoms with Crippen LogP contribution in [0.1, 0.15) is 406 Å². The summed E-state index contributed by atoms with van der Waals surface area (Å²) in [6, 6.07) is -0.902. The van der Waals surface area contributed by atoms with E-state index in [0.29, 0.717) is 17.4 Å². The van der Waals surface area contributed by atoms with Crippen LogP contribution >= 0.6 is 7.82 Å². The normalized spacial score (nSPS) is 13.6. The van der Waals surface area contributed by atoms with Crippen LogP contribution in [0.15, 0.2) is 24.3 Å². The third kappa shape index (κ3) is 70.3. The molecular weight excluding hydrogens is 1070 g/mol. The van der Waals surface area contributed by atoms with Gasteiger partial charge in [-0.05, 0) is 32.1 Å². The summed E-state index contributed by atoms with van der Waals surface area (Å²) >= 11 is 0. The smallest absolute Gasteiger partial charge is 0.268 e. The monoisotopic (exact) mass is 1220 g/mol. The highest BCUT2D eigenvalue weighted by molar-refractivity contribution is 7.45. The maximum Gasteiger partial charge on any atom is 0.268 e. The van der Waals surface area contributed by atoms with Crippen LogP contribution in [-0.4, -0.2) is 68.5 Å². The number of likely N-dealkylation sites (N-methyl/N-ethyl adjacent to an activating group) is 1. The second-order valence-corrected chi connectivity index (χ2v) is 29.1. The van der Waals surface area contributed by atoms with E-state index < -0.39 is 20.0 Å². The van der Waals surface area contributed by atoms with Gasteiger partial charge in [0.15, 0.2) is 0 Å². The Labute approximate surface area is 532 Å². The van der Waals surface area contributed by atoms with Crippen LogP contribution in [0.25, 0.3) is 0 Å². The first kappa shape index (κ1) is 84.0. The van der Waals surface area contributed by atoms with E-state index in [9.17, 15) is 19.4 Å². The second kappa shape index (κ2) is 67.4. The molecule has 3 unspecified atom stereocenters. The van der Waals surface area contributed by atoms with Gasteiger partial charge in [0.25, 0.3) is 7.82 Å². The second-order valence-electron chi connectivity index (χ2n) is 27.7. The predicted octanol–water partition coefficient (Wildman–Crippen LogP) is 24.0. The number of phosphoric ester groups is 1. The van der Waals surface area contributed by atoms with Crippen LogP contribution < -0.4 is 10.2 Å². The number of nitrogens with one attached hydrogen (secondary N) is 1. The molecule has 0 aromatic heterocycles. The van der Waals surface area contributed by atoms with E-state index in [0.717, 1.165) is 38.5 Å². The third-order valence-electron chi connectivity index (χ3n) is 17.9. The summed E-state index contributed by atoms with van der Waals surface area (Å²) < 4.78 is 23.5. The molecule has 85 heavy (non-hydrogen) atoms. The maximum absolute atomic E-state index is 13.1. The summed E-state index contributed by atoms with van der Waals surface area (Å²) in [7, 11) is 1.27. The zero-order chi connectivity index (χ0) is 61.9. The largest absolute Gasteiger partial charge is 0.756 e. The first-order valence-electron chi connectivity index (χ1n) is 38.2. The molecule has 0 fully saturated rings. The first-order chi connectivity index (χ1) is 41.5. The molecular formula is C76H151N2O6P. The van der Waals surface area contributed by atoms with Crippen LogP contribution in [-0.2, 0) is 18.4 Å². The summed E-state index contributed by atoms with van der Waals surface area (Å²) in [6.45, 7) is 4.70. The highest BCUT2D eigenvalue weighted by Gasteiger charge is 2.23. The number of hydrogen-bond acceptors (Lipinski definition) is 6. The average Bonchev–Trinajstić information content (AvgIpc) is 3.49. The van der Waals surface area contributed by atoms with E-state index in [2.05, 4.69) is 31.3 Å². The van der Waals surface area contributed by atoms with E-state index in [1.165, 1.54) is 347 Å². The predicted molar refractivity (Wildman–Crippen MR) is 372 cm³/mol. The lowest BCUT2D eigenvalue weighted by Crippen LogP contribution is -2.45. The maximum atomic E-state index is 13.1. The van der Waals surface area contributed by atoms with Crippen molar-refractivity contribution >= 4 is 13.7 Å². The fraction of sp³-hybridized carbons (Fsp3) is 0.934. The lowest BCUT2D eigenvalue weighted by Gasteiger charge is -2.29. The SMILES string of the molecule is CCCCCCCCCCCCCCCCCCCCCCCCCCCC/C=C/CC/C=C/C(O)C(COP(=O)([O-])OCC[N+](C)(C)C)NC(=O)CCCCCCCCCCCCCCCCCCCCCCCCCCCCCCCCC. The van der Waals surface area contributed by atoms with Crippen molar-refractivity contribution in [2.45, 2.75) is 418 Å². The molecule has 0 heterocycles. The Bertz CT molecular complexity index is 1430. The number of phosphoric acid groups is 1. The number of quaternary nitrogens is 1. The molecule has 0 aromatic rings. The summed E-state index contributed by atoms with van der Waals surface area (Å²) in [5.74, 6) is -0.197. The number of hydrogen-bond donors (Lipinski definition) is 2. The molecule has 1 amide bonds. The Hall–Kier alpha value is -1.02. The highest BCUT2D eigenvalue weighted by atomic mass is 31.2. The van der Waals surface area contributed by atoms with E-state index in [-0.39, 0.29) is 19.1 Å². The van der Waals surface area contributed by atoms with Gasteiger partial charge in [-0.2, -0.15) is 0 Å². The molecule has 2 N–H and O–H groups in total. The van der Waals surface area contributed by atoms with Crippen molar-refractivity contribution in [1.82, 2.24) is 5.32 Å². The number of carbonyl (C=O) groups excluding carboxylic acids is 1. The number of carbonyl (C=O) groups is 1. The Morgan fingerprint density at radius 1 is 0.400 bits per heavy atom. The van der Waals surface area contributed by atoms with Gasteiger partial charge in [-0.1, -0.05) is 391 Å². The number of amides is 1. The van der Waals surface area contributed by atoms with Gasteiger partial charge in [0.1, 0.15) is 13.2 Å². The van der Waals surface area contributed by atoms with Gasteiger partial charge in [0.05, 0.1) is 39.9 Å². The quantitative estimate of drug-likeness (QED) is 0.0272. The van der Waals surface area contributed by atoms with E-state index >= 15 is 0 Å². The number of aliphatic hydroxyl groups is 1. The van der Waals surface area contributed by atoms with E-state index in [1.807, 2.05) is 27.2 Å². The fourth-order valence-corrected chi connectivity index (χ4v) is 12.7. The van der Waals surface area contributed by atoms with Crippen LogP contribution in [0.2, 0.25) is 0 Å². The van der Waals surface area contributed by atoms with E-state index in [1.54, 1.807) is 6.08 Å². The summed E-state index contributed by atoms with van der Waals surface area (Å²) in [5, 5.41) is 14.0. The van der Waals surface area contributed by atoms with Crippen LogP contribution in [0.4, 0.5) is 0 Å². The zero-order valence-corrected chi connectivity index (χ0v) is 59.0. The van der Waals surface area contributed by atoms with Crippen LogP contribution in [0.3, 0.4) is 0 Å². The number of unbranched alkanes of at least 4 members (excludes halogenated alkanes) is 57. The Morgan fingerprint density at radius 2 is 0.659 bits per heavy atom. The summed E-state index contributed by atoms with van der Waals surface area (Å²) in [5.41, 5.74) is 0. The van der Waals surface area contributed by atoms with Gasteiger partial charge >= 0.3 is 0 Å². The third-order valence-corrected chi connectivity index (χ3v) is 18.9. The Kier molecular flexibility index (Phi) is 66.6. The molecule has 8 nitrogen and oxygen atoms in total. The minimum Gasteiger partial charge on any atom is -0.756 e. The molecule has 0 rings (SSSR count). The highest BCUT2D eigenvalue weighted by Crippen LogP contribution is 2.38. The molecule has 3 atom stereocenters. The molecule has 0 aliphatic rings. The molecule has 0 aliphatic carbocycles. The summed E-state index contributed by atoms with van der Waals surface area (Å²) in [4.78, 5) is 25.7. The van der Waals surface area contributed by atoms with E-state index in [4.69, 9.17) is 9.05 Å². The van der Waals surface area contributed by atoms with Crippen molar-refractivity contribution in [2.75, 3.05) is 40.9 Å². The number of rotatable bonds is 72. The molecule has 0 aromatic carbocycles. The Morgan fingerprint density at radius 3 is 0.953 bits per heavy atom. The van der Waals surface area contributed by atoms with Crippen molar-refractivity contribution in [2.24, 2.45) is 0 Å². The standard InChI is InChI=1S/C76H151N2O6P/c1-6-8-10-12-14-16-18-20-22-24-26-28-30-32-34-36-38-40-41-43-45-47-49-51-53-55-57-59-61-63-65-67-69-75(79)74(73-84-85(81,82)83-72-71-78(3,4)5)77-76(80)70-68-66-64-62-60-58-56-54-52-50-48-46-44-42-39-37-35-33-31-29-27-25-23-21-19-17-15-13-11-9-7-2/h59,61,67,69,74-75,79H,6-58,60,62-66,68,70-73H2,1-5H3,(H-,77,80,81,82)/b61-59+,69-67+. The molecule has 0 saturated heterocycles. The molecule has 0 aliphatic heterocycles. The first-order valence-corrected chi connectivity index (χ1v) is 39.7. The van der Waals surface area contributed by atoms with Gasteiger partial charge in [0, 0.05) is 6.42 Å². The van der Waals surface area contributed by atoms with Crippen LogP contribution in [0, 0.1) is 0 Å². The summed E-state index contributed by atoms with van der Waals surface area (Å²) in [6.07, 6.45) is 89.1. The van der Waals surface area contributed by atoms with Gasteiger partial charge in [-0.25, -0.2) is 0 Å². The molecule has 0 radical (unpaired) electrons. The number of nitrogens with zero attached hydrogens (tertiary/aromatic N) is 1. The lowest BCUT2D eigenvalue weighted by atomic mass is 10.0. The van der Waals surface area contributed by atoms with Crippen molar-refractivity contribution in [3.05, 3.63) is 24.3 Å². The zero-order valence-electron chi connectivity index (χ0n) is 58.1. The van der Waals surface area contributed by atoms with Gasteiger partial charge in [-0.3, -0.25) is 9.36 Å². The van der Waals surface area contributed by atoms with Gasteiger partial charge in [-0.15, -0.1) is 0 Å². The molecule has 506 valence electrons. The van der Waals surface area contributed by atoms with Crippen molar-refractivity contribution < 1.29 is 32.9 Å². The van der Waals surface area contributed by atoms with Gasteiger partial charge < -0.3 is 28.8 Å². The molecule has 0 bridgehead atoms. The van der Waals surface area contributed by atoms with Crippen molar-refractivity contribution in [3.8, 4) is 0 Å². The topological polar surface area (TPSA) is 108 Å². The minimum absolute atomic E-state index is 0.00330. The Balaban J connectivity index is 4.01. The fourth-order valence-electron chi connectivity index (χ4n) is 12.0.